The summed E-state index contributed by atoms with van der Waals surface area (Å²) in [4.78, 5) is 30.8. The summed E-state index contributed by atoms with van der Waals surface area (Å²) in [7, 11) is 0. The molecule has 1 atom stereocenters. The van der Waals surface area contributed by atoms with Crippen molar-refractivity contribution < 1.29 is 19.4 Å². The van der Waals surface area contributed by atoms with Crippen LogP contribution in [0.1, 0.15) is 34.5 Å². The minimum Gasteiger partial charge on any atom is -0.480 e. The zero-order valence-corrected chi connectivity index (χ0v) is 20.2. The maximum atomic E-state index is 12.5. The Morgan fingerprint density at radius 3 is 2.74 bits per heavy atom. The van der Waals surface area contributed by atoms with Gasteiger partial charge in [0.15, 0.2) is 0 Å². The van der Waals surface area contributed by atoms with Crippen LogP contribution in [0.2, 0.25) is 10.0 Å². The highest BCUT2D eigenvalue weighted by atomic mass is 35.5. The summed E-state index contributed by atoms with van der Waals surface area (Å²) in [6.45, 7) is 3.01. The fourth-order valence-corrected chi connectivity index (χ4v) is 4.75. The number of hydrogen-bond acceptors (Lipinski definition) is 6. The van der Waals surface area contributed by atoms with E-state index in [-0.39, 0.29) is 28.3 Å². The fourth-order valence-electron chi connectivity index (χ4n) is 4.18. The number of anilines is 1. The van der Waals surface area contributed by atoms with E-state index in [2.05, 4.69) is 22.8 Å². The highest BCUT2D eigenvalue weighted by Gasteiger charge is 2.32. The molecule has 0 aliphatic carbocycles. The Hall–Kier alpha value is -2.39. The molecule has 1 aromatic carbocycles. The van der Waals surface area contributed by atoms with Crippen LogP contribution in [-0.4, -0.2) is 71.8 Å². The maximum Gasteiger partial charge on any atom is 0.327 e. The predicted octanol–water partition coefficient (Wildman–Crippen LogP) is 3.26. The lowest BCUT2D eigenvalue weighted by Gasteiger charge is -2.40. The zero-order chi connectivity index (χ0) is 24.1. The first kappa shape index (κ1) is 24.7. The van der Waals surface area contributed by atoms with Gasteiger partial charge >= 0.3 is 5.97 Å². The summed E-state index contributed by atoms with van der Waals surface area (Å²) in [5, 5.41) is 15.8. The molecule has 4 rings (SSSR count). The van der Waals surface area contributed by atoms with E-state index in [0.717, 1.165) is 43.7 Å². The molecular formula is C24H28Cl2N4O4. The van der Waals surface area contributed by atoms with Crippen molar-refractivity contribution in [3.8, 4) is 0 Å². The number of benzene rings is 1. The average molecular weight is 507 g/mol. The van der Waals surface area contributed by atoms with E-state index in [1.165, 1.54) is 17.7 Å². The van der Waals surface area contributed by atoms with Crippen LogP contribution in [-0.2, 0) is 22.4 Å². The molecule has 1 fully saturated rings. The topological polar surface area (TPSA) is 104 Å². The third kappa shape index (κ3) is 6.18. The Labute approximate surface area is 208 Å². The van der Waals surface area contributed by atoms with Crippen LogP contribution in [0.5, 0.6) is 0 Å². The fraction of sp³-hybridized carbons (Fsp3) is 0.458. The zero-order valence-electron chi connectivity index (χ0n) is 18.7. The van der Waals surface area contributed by atoms with Gasteiger partial charge in [0, 0.05) is 38.5 Å². The molecule has 2 aliphatic heterocycles. The van der Waals surface area contributed by atoms with E-state index in [0.29, 0.717) is 19.7 Å². The number of carboxylic acids is 1. The summed E-state index contributed by atoms with van der Waals surface area (Å²) < 4.78 is 5.91. The lowest BCUT2D eigenvalue weighted by molar-refractivity contribution is -0.141. The standard InChI is InChI=1S/C24H28Cl2N4O4/c25-18-6-1-7-19(26)21(18)23(31)29-20(24(32)33)14-30-12-17(13-30)34-11-3-5-16-9-8-15-4-2-10-27-22(15)28-16/h1,6-9,17,20H,2-5,10-14H2,(H,27,28)(H,29,31)(H,32,33)/t20-/m0/s1. The smallest absolute Gasteiger partial charge is 0.327 e. The van der Waals surface area contributed by atoms with Gasteiger partial charge in [-0.05, 0) is 49.4 Å². The highest BCUT2D eigenvalue weighted by molar-refractivity contribution is 6.39. The number of ether oxygens (including phenoxy) is 1. The van der Waals surface area contributed by atoms with Gasteiger partial charge in [-0.1, -0.05) is 35.3 Å². The van der Waals surface area contributed by atoms with Gasteiger partial charge < -0.3 is 20.5 Å². The number of carbonyl (C=O) groups excluding carboxylic acids is 1. The van der Waals surface area contributed by atoms with Crippen LogP contribution in [0, 0.1) is 0 Å². The molecule has 2 aliphatic rings. The van der Waals surface area contributed by atoms with E-state index >= 15 is 0 Å². The first-order valence-electron chi connectivity index (χ1n) is 11.4. The molecule has 3 heterocycles. The second kappa shape index (κ2) is 11.4. The second-order valence-corrected chi connectivity index (χ2v) is 9.43. The molecule has 0 saturated carbocycles. The molecule has 182 valence electrons. The number of nitrogens with one attached hydrogen (secondary N) is 2. The molecule has 0 unspecified atom stereocenters. The van der Waals surface area contributed by atoms with Crippen molar-refractivity contribution in [2.24, 2.45) is 0 Å². The van der Waals surface area contributed by atoms with Gasteiger partial charge in [0.2, 0.25) is 0 Å². The van der Waals surface area contributed by atoms with Crippen molar-refractivity contribution in [3.05, 3.63) is 57.2 Å². The minimum absolute atomic E-state index is 0.0568. The molecule has 1 aromatic heterocycles. The molecule has 1 amide bonds. The molecule has 2 aromatic rings. The first-order valence-corrected chi connectivity index (χ1v) is 12.2. The van der Waals surface area contributed by atoms with E-state index in [4.69, 9.17) is 32.9 Å². The van der Waals surface area contributed by atoms with Gasteiger partial charge in [-0.3, -0.25) is 9.69 Å². The van der Waals surface area contributed by atoms with Crippen LogP contribution in [0.25, 0.3) is 0 Å². The summed E-state index contributed by atoms with van der Waals surface area (Å²) in [6, 6.07) is 7.86. The molecular weight excluding hydrogens is 479 g/mol. The van der Waals surface area contributed by atoms with Crippen LogP contribution in [0.15, 0.2) is 30.3 Å². The average Bonchev–Trinajstić information content (AvgIpc) is 2.78. The Morgan fingerprint density at radius 1 is 1.24 bits per heavy atom. The summed E-state index contributed by atoms with van der Waals surface area (Å²) in [6.07, 6.45) is 4.01. The summed E-state index contributed by atoms with van der Waals surface area (Å²) in [5.74, 6) is -0.716. The Morgan fingerprint density at radius 2 is 2.00 bits per heavy atom. The Bertz CT molecular complexity index is 1030. The predicted molar refractivity (Wildman–Crippen MR) is 131 cm³/mol. The quantitative estimate of drug-likeness (QED) is 0.424. The van der Waals surface area contributed by atoms with Crippen LogP contribution < -0.4 is 10.6 Å². The van der Waals surface area contributed by atoms with Crippen molar-refractivity contribution in [1.82, 2.24) is 15.2 Å². The monoisotopic (exact) mass is 506 g/mol. The number of aryl methyl sites for hydroxylation is 2. The van der Waals surface area contributed by atoms with Crippen LogP contribution in [0.4, 0.5) is 5.82 Å². The minimum atomic E-state index is -1.12. The van der Waals surface area contributed by atoms with Crippen LogP contribution >= 0.6 is 23.2 Å². The van der Waals surface area contributed by atoms with Gasteiger partial charge in [0.25, 0.3) is 5.91 Å². The third-order valence-corrected chi connectivity index (χ3v) is 6.67. The van der Waals surface area contributed by atoms with Crippen molar-refractivity contribution in [2.45, 2.75) is 37.8 Å². The highest BCUT2D eigenvalue weighted by Crippen LogP contribution is 2.24. The number of nitrogens with zero attached hydrogens (tertiary/aromatic N) is 2. The number of aliphatic carboxylic acids is 1. The number of fused-ring (bicyclic) bond motifs is 1. The van der Waals surface area contributed by atoms with Gasteiger partial charge in [0.1, 0.15) is 11.9 Å². The normalized spacial score (nSPS) is 16.8. The largest absolute Gasteiger partial charge is 0.480 e. The van der Waals surface area contributed by atoms with E-state index in [1.807, 2.05) is 4.90 Å². The van der Waals surface area contributed by atoms with E-state index in [9.17, 15) is 14.7 Å². The van der Waals surface area contributed by atoms with Gasteiger partial charge in [0.05, 0.1) is 21.7 Å². The number of carboxylic acid groups (broad SMARTS) is 1. The molecule has 0 radical (unpaired) electrons. The number of halogens is 2. The number of pyridine rings is 1. The molecule has 0 bridgehead atoms. The third-order valence-electron chi connectivity index (χ3n) is 6.04. The summed E-state index contributed by atoms with van der Waals surface area (Å²) in [5.41, 5.74) is 2.42. The maximum absolute atomic E-state index is 12.5. The number of amides is 1. The Kier molecular flexibility index (Phi) is 8.26. The van der Waals surface area contributed by atoms with Gasteiger partial charge in [-0.2, -0.15) is 0 Å². The first-order chi connectivity index (χ1) is 16.4. The van der Waals surface area contributed by atoms with E-state index in [1.54, 1.807) is 6.07 Å². The lowest BCUT2D eigenvalue weighted by Crippen LogP contribution is -2.58. The molecule has 1 saturated heterocycles. The number of hydrogen-bond donors (Lipinski definition) is 3. The van der Waals surface area contributed by atoms with E-state index < -0.39 is 17.9 Å². The Balaban J connectivity index is 1.17. The number of carbonyl (C=O) groups is 2. The molecule has 10 heteroatoms. The SMILES string of the molecule is O=C(N[C@@H](CN1CC(OCCCc2ccc3c(n2)NCCC3)C1)C(=O)O)c1c(Cl)cccc1Cl. The molecule has 0 spiro atoms. The lowest BCUT2D eigenvalue weighted by atomic mass is 10.1. The van der Waals surface area contributed by atoms with Gasteiger partial charge in [-0.25, -0.2) is 9.78 Å². The number of rotatable bonds is 10. The number of aromatic nitrogens is 1. The second-order valence-electron chi connectivity index (χ2n) is 8.62. The number of likely N-dealkylation sites (tertiary alicyclic amines) is 1. The van der Waals surface area contributed by atoms with Gasteiger partial charge in [-0.15, -0.1) is 0 Å². The molecule has 3 N–H and O–H groups in total. The molecule has 34 heavy (non-hydrogen) atoms. The van der Waals surface area contributed by atoms with Crippen molar-refractivity contribution in [1.29, 1.82) is 0 Å². The summed E-state index contributed by atoms with van der Waals surface area (Å²) >= 11 is 12.1. The van der Waals surface area contributed by atoms with Crippen molar-refractivity contribution >= 4 is 40.9 Å². The molecule has 8 nitrogen and oxygen atoms in total. The van der Waals surface area contributed by atoms with Crippen molar-refractivity contribution in [2.75, 3.05) is 38.1 Å². The van der Waals surface area contributed by atoms with Crippen molar-refractivity contribution in [3.63, 3.8) is 0 Å². The van der Waals surface area contributed by atoms with Crippen LogP contribution in [0.3, 0.4) is 0 Å².